The molecule has 0 atom stereocenters. The molecule has 132 valence electrons. The largest absolute Gasteiger partial charge is 0.307 e. The summed E-state index contributed by atoms with van der Waals surface area (Å²) in [6, 6.07) is 9.24. The van der Waals surface area contributed by atoms with Gasteiger partial charge in [-0.3, -0.25) is 0 Å². The molecule has 3 rings (SSSR count). The van der Waals surface area contributed by atoms with E-state index < -0.39 is 10.0 Å². The SMILES string of the molecule is CCN(CC)S(=O)(=O)c1ccc(SCc2cn3ccccc3n2)nc1. The summed E-state index contributed by atoms with van der Waals surface area (Å²) in [5.74, 6) is 0.677. The van der Waals surface area contributed by atoms with Gasteiger partial charge in [-0.05, 0) is 24.3 Å². The summed E-state index contributed by atoms with van der Waals surface area (Å²) in [4.78, 5) is 9.06. The van der Waals surface area contributed by atoms with E-state index >= 15 is 0 Å². The molecule has 0 unspecified atom stereocenters. The van der Waals surface area contributed by atoms with Gasteiger partial charge < -0.3 is 4.40 Å². The van der Waals surface area contributed by atoms with Crippen LogP contribution in [0.2, 0.25) is 0 Å². The van der Waals surface area contributed by atoms with Crippen LogP contribution >= 0.6 is 11.8 Å². The quantitative estimate of drug-likeness (QED) is 0.593. The van der Waals surface area contributed by atoms with Crippen molar-refractivity contribution in [2.45, 2.75) is 29.5 Å². The molecule has 6 nitrogen and oxygen atoms in total. The zero-order valence-corrected chi connectivity index (χ0v) is 15.8. The van der Waals surface area contributed by atoms with Crippen LogP contribution in [0.5, 0.6) is 0 Å². The Labute approximate surface area is 152 Å². The first kappa shape index (κ1) is 17.9. The smallest absolute Gasteiger partial charge is 0.244 e. The predicted octanol–water partition coefficient (Wildman–Crippen LogP) is 3.05. The molecule has 0 amide bonds. The first-order valence-electron chi connectivity index (χ1n) is 8.06. The molecule has 0 aliphatic carbocycles. The van der Waals surface area contributed by atoms with Crippen molar-refractivity contribution < 1.29 is 8.42 Å². The summed E-state index contributed by atoms with van der Waals surface area (Å²) < 4.78 is 28.3. The van der Waals surface area contributed by atoms with Gasteiger partial charge in [0.15, 0.2) is 0 Å². The van der Waals surface area contributed by atoms with E-state index in [1.807, 2.05) is 48.8 Å². The van der Waals surface area contributed by atoms with Gasteiger partial charge in [0.05, 0.1) is 10.7 Å². The van der Waals surface area contributed by atoms with Crippen LogP contribution in [-0.2, 0) is 15.8 Å². The molecule has 0 radical (unpaired) electrons. The number of pyridine rings is 2. The first-order valence-corrected chi connectivity index (χ1v) is 10.5. The number of hydrogen-bond donors (Lipinski definition) is 0. The molecule has 0 spiro atoms. The van der Waals surface area contributed by atoms with Crippen LogP contribution in [0, 0.1) is 0 Å². The van der Waals surface area contributed by atoms with Crippen molar-refractivity contribution in [3.63, 3.8) is 0 Å². The molecule has 0 saturated heterocycles. The third-order valence-corrected chi connectivity index (χ3v) is 6.85. The summed E-state index contributed by atoms with van der Waals surface area (Å²) in [6.45, 7) is 4.55. The van der Waals surface area contributed by atoms with Crippen LogP contribution in [0.15, 0.2) is 58.8 Å². The fourth-order valence-electron chi connectivity index (χ4n) is 2.52. The molecule has 0 fully saturated rings. The zero-order valence-electron chi connectivity index (χ0n) is 14.2. The van der Waals surface area contributed by atoms with Crippen LogP contribution < -0.4 is 0 Å². The van der Waals surface area contributed by atoms with Crippen LogP contribution in [0.4, 0.5) is 0 Å². The summed E-state index contributed by atoms with van der Waals surface area (Å²) in [6.07, 6.45) is 5.38. The van der Waals surface area contributed by atoms with E-state index in [9.17, 15) is 8.42 Å². The van der Waals surface area contributed by atoms with E-state index in [1.165, 1.54) is 22.3 Å². The van der Waals surface area contributed by atoms with Gasteiger partial charge in [-0.25, -0.2) is 18.4 Å². The van der Waals surface area contributed by atoms with E-state index in [0.717, 1.165) is 16.4 Å². The molecule has 0 aliphatic heterocycles. The Morgan fingerprint density at radius 2 is 1.96 bits per heavy atom. The highest BCUT2D eigenvalue weighted by molar-refractivity contribution is 7.98. The van der Waals surface area contributed by atoms with Gasteiger partial charge in [0.25, 0.3) is 0 Å². The summed E-state index contributed by atoms with van der Waals surface area (Å²) in [5, 5.41) is 0.774. The van der Waals surface area contributed by atoms with Crippen molar-refractivity contribution in [3.05, 3.63) is 54.6 Å². The van der Waals surface area contributed by atoms with Gasteiger partial charge in [-0.1, -0.05) is 31.7 Å². The monoisotopic (exact) mass is 376 g/mol. The molecule has 0 aliphatic rings. The lowest BCUT2D eigenvalue weighted by atomic mass is 10.5. The maximum atomic E-state index is 12.5. The number of aromatic nitrogens is 3. The molecule has 0 aromatic carbocycles. The number of imidazole rings is 1. The second-order valence-corrected chi connectivity index (χ2v) is 8.34. The summed E-state index contributed by atoms with van der Waals surface area (Å²) >= 11 is 1.53. The maximum absolute atomic E-state index is 12.5. The number of nitrogens with zero attached hydrogens (tertiary/aromatic N) is 4. The van der Waals surface area contributed by atoms with Gasteiger partial charge in [0.1, 0.15) is 10.5 Å². The van der Waals surface area contributed by atoms with Crippen molar-refractivity contribution in [2.24, 2.45) is 0 Å². The third kappa shape index (κ3) is 3.86. The van der Waals surface area contributed by atoms with Crippen LogP contribution in [0.1, 0.15) is 19.5 Å². The molecule has 25 heavy (non-hydrogen) atoms. The van der Waals surface area contributed by atoms with Gasteiger partial charge in [-0.15, -0.1) is 0 Å². The lowest BCUT2D eigenvalue weighted by Crippen LogP contribution is -2.30. The fraction of sp³-hybridized carbons (Fsp3) is 0.294. The Balaban J connectivity index is 1.70. The minimum Gasteiger partial charge on any atom is -0.307 e. The van der Waals surface area contributed by atoms with Gasteiger partial charge in [-0.2, -0.15) is 4.31 Å². The minimum atomic E-state index is -3.46. The molecule has 8 heteroatoms. The molecular weight excluding hydrogens is 356 g/mol. The van der Waals surface area contributed by atoms with Gasteiger partial charge in [0.2, 0.25) is 10.0 Å². The molecule has 3 heterocycles. The lowest BCUT2D eigenvalue weighted by molar-refractivity contribution is 0.445. The minimum absolute atomic E-state index is 0.230. The Kier molecular flexibility index (Phi) is 5.41. The normalized spacial score (nSPS) is 12.1. The second-order valence-electron chi connectivity index (χ2n) is 5.41. The number of hydrogen-bond acceptors (Lipinski definition) is 5. The Hall–Kier alpha value is -1.90. The standard InChI is InChI=1S/C17H20N4O2S2/c1-3-21(4-2)25(22,23)15-8-9-17(18-11-15)24-13-14-12-20-10-6-5-7-16(20)19-14/h5-12H,3-4,13H2,1-2H3. The van der Waals surface area contributed by atoms with E-state index in [-0.39, 0.29) is 4.90 Å². The summed E-state index contributed by atoms with van der Waals surface area (Å²) in [5.41, 5.74) is 1.87. The molecule has 3 aromatic heterocycles. The van der Waals surface area contributed by atoms with Crippen molar-refractivity contribution >= 4 is 27.4 Å². The Morgan fingerprint density at radius 1 is 1.16 bits per heavy atom. The number of fused-ring (bicyclic) bond motifs is 1. The van der Waals surface area contributed by atoms with Crippen LogP contribution in [0.3, 0.4) is 0 Å². The average molecular weight is 377 g/mol. The highest BCUT2D eigenvalue weighted by Gasteiger charge is 2.21. The van der Waals surface area contributed by atoms with Crippen LogP contribution in [-0.4, -0.2) is 40.2 Å². The lowest BCUT2D eigenvalue weighted by Gasteiger charge is -2.18. The predicted molar refractivity (Wildman–Crippen MR) is 99.1 cm³/mol. The van der Waals surface area contributed by atoms with E-state index in [1.54, 1.807) is 12.1 Å². The zero-order chi connectivity index (χ0) is 17.9. The van der Waals surface area contributed by atoms with E-state index in [4.69, 9.17) is 0 Å². The van der Waals surface area contributed by atoms with Gasteiger partial charge >= 0.3 is 0 Å². The van der Waals surface area contributed by atoms with E-state index in [2.05, 4.69) is 9.97 Å². The molecule has 3 aromatic rings. The number of sulfonamides is 1. The number of rotatable bonds is 7. The third-order valence-electron chi connectivity index (χ3n) is 3.83. The Bertz CT molecular complexity index is 915. The van der Waals surface area contributed by atoms with E-state index in [0.29, 0.717) is 18.8 Å². The molecule has 0 N–H and O–H groups in total. The van der Waals surface area contributed by atoms with Crippen molar-refractivity contribution in [1.82, 2.24) is 18.7 Å². The fourth-order valence-corrected chi connectivity index (χ4v) is 4.65. The first-order chi connectivity index (χ1) is 12.0. The van der Waals surface area contributed by atoms with Crippen molar-refractivity contribution in [2.75, 3.05) is 13.1 Å². The topological polar surface area (TPSA) is 67.6 Å². The molecule has 0 saturated carbocycles. The molecule has 0 bridgehead atoms. The number of thioether (sulfide) groups is 1. The second kappa shape index (κ2) is 7.55. The average Bonchev–Trinajstić information content (AvgIpc) is 3.04. The highest BCUT2D eigenvalue weighted by Crippen LogP contribution is 2.23. The van der Waals surface area contributed by atoms with Gasteiger partial charge in [0, 0.05) is 37.4 Å². The highest BCUT2D eigenvalue weighted by atomic mass is 32.2. The molecular formula is C17H20N4O2S2. The summed E-state index contributed by atoms with van der Waals surface area (Å²) in [7, 11) is -3.46. The van der Waals surface area contributed by atoms with Crippen LogP contribution in [0.25, 0.3) is 5.65 Å². The Morgan fingerprint density at radius 3 is 2.60 bits per heavy atom. The van der Waals surface area contributed by atoms with Crippen molar-refractivity contribution in [1.29, 1.82) is 0 Å². The maximum Gasteiger partial charge on any atom is 0.244 e. The van der Waals surface area contributed by atoms with Crippen molar-refractivity contribution in [3.8, 4) is 0 Å².